The zero-order valence-electron chi connectivity index (χ0n) is 13.4. The molecule has 2 aromatic carbocycles. The van der Waals surface area contributed by atoms with Gasteiger partial charge in [-0.25, -0.2) is 0 Å². The molecule has 0 aliphatic heterocycles. The van der Waals surface area contributed by atoms with Crippen LogP contribution < -0.4 is 10.4 Å². The summed E-state index contributed by atoms with van der Waals surface area (Å²) in [6.45, 7) is 0. The summed E-state index contributed by atoms with van der Waals surface area (Å²) in [7, 11) is -3.73. The summed E-state index contributed by atoms with van der Waals surface area (Å²) in [5.41, 5.74) is 0. The van der Waals surface area contributed by atoms with Crippen LogP contribution in [0.25, 0.3) is 0 Å². The van der Waals surface area contributed by atoms with Crippen molar-refractivity contribution in [2.45, 2.75) is 12.5 Å². The normalized spacial score (nSPS) is 12.3. The van der Waals surface area contributed by atoms with E-state index in [4.69, 9.17) is 9.05 Å². The van der Waals surface area contributed by atoms with Gasteiger partial charge in [0.1, 0.15) is 0 Å². The zero-order chi connectivity index (χ0) is 16.8. The van der Waals surface area contributed by atoms with Gasteiger partial charge in [0.15, 0.2) is 0 Å². The molecule has 0 atom stereocenters. The molecule has 2 aromatic rings. The van der Waals surface area contributed by atoms with Gasteiger partial charge < -0.3 is 13.2 Å². The van der Waals surface area contributed by atoms with Crippen LogP contribution >= 0.6 is 7.60 Å². The number of hydrogen-bond donors (Lipinski definition) is 0. The summed E-state index contributed by atoms with van der Waals surface area (Å²) in [5, 5.41) is 1.46. The second-order valence-electron chi connectivity index (χ2n) is 5.34. The molecule has 23 heavy (non-hydrogen) atoms. The number of benzene rings is 2. The number of rotatable bonds is 8. The van der Waals surface area contributed by atoms with Crippen molar-refractivity contribution >= 4 is 26.4 Å². The van der Waals surface area contributed by atoms with Gasteiger partial charge >= 0.3 is 16.0 Å². The second-order valence-corrected chi connectivity index (χ2v) is 11.0. The van der Waals surface area contributed by atoms with E-state index in [-0.39, 0.29) is 6.16 Å². The summed E-state index contributed by atoms with van der Waals surface area (Å²) >= 11 is 0. The molecule has 0 fully saturated rings. The molecule has 0 radical (unpaired) electrons. The van der Waals surface area contributed by atoms with Gasteiger partial charge in [-0.05, 0) is 22.8 Å². The molecule has 0 aliphatic rings. The third-order valence-corrected chi connectivity index (χ3v) is 9.49. The smallest absolute Gasteiger partial charge is 0.312 e. The second kappa shape index (κ2) is 8.02. The largest absolute Gasteiger partial charge is 0.330 e. The maximum atomic E-state index is 16.0. The fourth-order valence-corrected chi connectivity index (χ4v) is 7.01. The van der Waals surface area contributed by atoms with Gasteiger partial charge in [0, 0.05) is 20.4 Å². The number of hydrogen-bond acceptors (Lipinski definition) is 3. The first-order chi connectivity index (χ1) is 11.0. The van der Waals surface area contributed by atoms with Crippen LogP contribution in [0.3, 0.4) is 0 Å². The Hall–Kier alpha value is -1.26. The highest BCUT2D eigenvalue weighted by atomic mass is 31.2. The summed E-state index contributed by atoms with van der Waals surface area (Å²) in [6, 6.07) is 18.9. The lowest BCUT2D eigenvalue weighted by atomic mass is 10.4. The first kappa shape index (κ1) is 18.1. The molecule has 0 aromatic heterocycles. The Balaban J connectivity index is 2.24. The van der Waals surface area contributed by atoms with E-state index in [9.17, 15) is 4.57 Å². The molecule has 3 nitrogen and oxygen atoms in total. The highest BCUT2D eigenvalue weighted by molar-refractivity contribution is 7.53. The highest BCUT2D eigenvalue weighted by Gasteiger charge is 2.39. The minimum atomic E-state index is -3.36. The predicted octanol–water partition coefficient (Wildman–Crippen LogP) is 3.59. The van der Waals surface area contributed by atoms with Gasteiger partial charge in [-0.1, -0.05) is 60.7 Å². The van der Waals surface area contributed by atoms with Crippen molar-refractivity contribution < 1.29 is 17.7 Å². The standard InChI is InChI=1S/C17H22FO3PSi/c1-20-22(19,21-2)14-9-15-23(18,16-10-5-3-6-11-16)17-12-7-4-8-13-17/h3-8,10-13H,9,14-15H2,1-2H3. The van der Waals surface area contributed by atoms with Gasteiger partial charge in [0.2, 0.25) is 0 Å². The molecule has 0 spiro atoms. The average molecular weight is 352 g/mol. The maximum absolute atomic E-state index is 16.0. The third-order valence-electron chi connectivity index (χ3n) is 3.97. The summed E-state index contributed by atoms with van der Waals surface area (Å²) in [6.07, 6.45) is 0.670. The van der Waals surface area contributed by atoms with Crippen molar-refractivity contribution in [3.63, 3.8) is 0 Å². The van der Waals surface area contributed by atoms with Crippen molar-refractivity contribution in [2.24, 2.45) is 0 Å². The van der Waals surface area contributed by atoms with Gasteiger partial charge in [0.25, 0.3) is 0 Å². The minimum Gasteiger partial charge on any atom is -0.312 e. The van der Waals surface area contributed by atoms with E-state index >= 15 is 4.11 Å². The fraction of sp³-hybridized carbons (Fsp3) is 0.294. The summed E-state index contributed by atoms with van der Waals surface area (Å²) in [5.74, 6) is 0. The van der Waals surface area contributed by atoms with E-state index in [2.05, 4.69) is 0 Å². The molecule has 0 saturated carbocycles. The van der Waals surface area contributed by atoms with Crippen LogP contribution in [0, 0.1) is 0 Å². The molecule has 0 N–H and O–H groups in total. The average Bonchev–Trinajstić information content (AvgIpc) is 2.63. The number of halogens is 1. The van der Waals surface area contributed by atoms with Crippen LogP contribution in [0.2, 0.25) is 6.04 Å². The molecule has 6 heteroatoms. The summed E-state index contributed by atoms with van der Waals surface area (Å²) < 4.78 is 38.0. The van der Waals surface area contributed by atoms with E-state index in [1.807, 2.05) is 60.7 Å². The highest BCUT2D eigenvalue weighted by Crippen LogP contribution is 2.47. The SMILES string of the molecule is COP(=O)(CCC[Si](F)(c1ccccc1)c1ccccc1)OC. The Morgan fingerprint density at radius 2 is 1.35 bits per heavy atom. The van der Waals surface area contributed by atoms with Crippen molar-refractivity contribution in [3.8, 4) is 0 Å². The summed E-state index contributed by atoms with van der Waals surface area (Å²) in [4.78, 5) is 0. The lowest BCUT2D eigenvalue weighted by Crippen LogP contribution is -2.54. The van der Waals surface area contributed by atoms with Crippen LogP contribution in [0.15, 0.2) is 60.7 Å². The molecular weight excluding hydrogens is 330 g/mol. The van der Waals surface area contributed by atoms with E-state index in [0.29, 0.717) is 12.5 Å². The Morgan fingerprint density at radius 1 is 0.913 bits per heavy atom. The molecule has 2 rings (SSSR count). The first-order valence-corrected chi connectivity index (χ1v) is 11.4. The Morgan fingerprint density at radius 3 is 1.74 bits per heavy atom. The molecule has 0 aliphatic carbocycles. The third kappa shape index (κ3) is 4.39. The predicted molar refractivity (Wildman–Crippen MR) is 94.9 cm³/mol. The lowest BCUT2D eigenvalue weighted by molar-refractivity contribution is 0.275. The fourth-order valence-electron chi connectivity index (χ4n) is 2.63. The van der Waals surface area contributed by atoms with Gasteiger partial charge in [-0.2, -0.15) is 0 Å². The monoisotopic (exact) mass is 352 g/mol. The molecule has 0 unspecified atom stereocenters. The topological polar surface area (TPSA) is 35.5 Å². The van der Waals surface area contributed by atoms with E-state index in [0.717, 1.165) is 10.4 Å². The molecule has 0 amide bonds. The van der Waals surface area contributed by atoms with Crippen LogP contribution in [-0.4, -0.2) is 28.8 Å². The Bertz CT molecular complexity index is 604. The van der Waals surface area contributed by atoms with Crippen LogP contribution in [0.1, 0.15) is 6.42 Å². The Labute approximate surface area is 138 Å². The van der Waals surface area contributed by atoms with Gasteiger partial charge in [-0.15, -0.1) is 0 Å². The van der Waals surface area contributed by atoms with Gasteiger partial charge in [0.05, 0.1) is 0 Å². The zero-order valence-corrected chi connectivity index (χ0v) is 15.3. The minimum absolute atomic E-state index is 0.221. The molecule has 0 heterocycles. The van der Waals surface area contributed by atoms with Crippen LogP contribution in [0.4, 0.5) is 4.11 Å². The van der Waals surface area contributed by atoms with Crippen molar-refractivity contribution in [1.82, 2.24) is 0 Å². The molecule has 0 bridgehead atoms. The quantitative estimate of drug-likeness (QED) is 0.414. The van der Waals surface area contributed by atoms with Crippen molar-refractivity contribution in [3.05, 3.63) is 60.7 Å². The van der Waals surface area contributed by atoms with E-state index in [1.54, 1.807) is 0 Å². The molecule has 124 valence electrons. The van der Waals surface area contributed by atoms with Crippen LogP contribution in [-0.2, 0) is 13.6 Å². The van der Waals surface area contributed by atoms with Gasteiger partial charge in [-0.3, -0.25) is 4.57 Å². The van der Waals surface area contributed by atoms with Crippen molar-refractivity contribution in [2.75, 3.05) is 20.4 Å². The van der Waals surface area contributed by atoms with E-state index in [1.165, 1.54) is 14.2 Å². The van der Waals surface area contributed by atoms with Crippen molar-refractivity contribution in [1.29, 1.82) is 0 Å². The first-order valence-electron chi connectivity index (χ1n) is 7.54. The Kier molecular flexibility index (Phi) is 6.30. The van der Waals surface area contributed by atoms with Crippen LogP contribution in [0.5, 0.6) is 0 Å². The molecular formula is C17H22FO3PSi. The maximum Gasteiger partial charge on any atom is 0.330 e. The lowest BCUT2D eigenvalue weighted by Gasteiger charge is -2.24. The van der Waals surface area contributed by atoms with E-state index < -0.39 is 16.0 Å². The molecule has 0 saturated heterocycles.